The Hall–Kier alpha value is -1.75. The van der Waals surface area contributed by atoms with E-state index in [9.17, 15) is 5.11 Å². The van der Waals surface area contributed by atoms with Crippen LogP contribution in [-0.4, -0.2) is 43.9 Å². The van der Waals surface area contributed by atoms with Gasteiger partial charge in [0.2, 0.25) is 0 Å². The molecule has 3 N–H and O–H groups in total. The fourth-order valence-electron chi connectivity index (χ4n) is 3.71. The molecule has 1 aliphatic rings. The molecule has 2 atom stereocenters. The zero-order valence-electron chi connectivity index (χ0n) is 17.4. The minimum atomic E-state index is 0.188. The van der Waals surface area contributed by atoms with E-state index >= 15 is 0 Å². The van der Waals surface area contributed by atoms with Gasteiger partial charge in [-0.15, -0.1) is 0 Å². The molecular weight excluding hydrogens is 336 g/mol. The van der Waals surface area contributed by atoms with Crippen LogP contribution in [0.4, 0.5) is 5.69 Å². The van der Waals surface area contributed by atoms with Crippen molar-refractivity contribution in [2.45, 2.75) is 58.9 Å². The second-order valence-corrected chi connectivity index (χ2v) is 7.54. The normalized spacial score (nSPS) is 17.0. The number of benzene rings is 1. The Morgan fingerprint density at radius 2 is 2.00 bits per heavy atom. The van der Waals surface area contributed by atoms with Crippen LogP contribution >= 0.6 is 0 Å². The van der Waals surface area contributed by atoms with Gasteiger partial charge in [0.1, 0.15) is 0 Å². The fraction of sp³-hybridized carbons (Fsp3) is 0.682. The molecule has 1 aliphatic heterocycles. The highest BCUT2D eigenvalue weighted by Crippen LogP contribution is 2.24. The summed E-state index contributed by atoms with van der Waals surface area (Å²) in [6.45, 7) is 10.6. The molecule has 2 unspecified atom stereocenters. The van der Waals surface area contributed by atoms with Crippen LogP contribution in [0.3, 0.4) is 0 Å². The molecule has 1 aromatic rings. The number of hydrogen-bond donors (Lipinski definition) is 3. The molecule has 2 rings (SSSR count). The van der Waals surface area contributed by atoms with Crippen LogP contribution in [0.25, 0.3) is 0 Å². The van der Waals surface area contributed by atoms with Gasteiger partial charge in [0, 0.05) is 38.5 Å². The van der Waals surface area contributed by atoms with Crippen molar-refractivity contribution in [3.8, 4) is 0 Å². The number of aliphatic hydroxyl groups excluding tert-OH is 1. The molecule has 27 heavy (non-hydrogen) atoms. The molecule has 0 spiro atoms. The molecule has 1 saturated heterocycles. The first kappa shape index (κ1) is 21.5. The third kappa shape index (κ3) is 7.06. The van der Waals surface area contributed by atoms with Crippen LogP contribution in [0.15, 0.2) is 29.3 Å². The Labute approximate surface area is 165 Å². The quantitative estimate of drug-likeness (QED) is 0.432. The van der Waals surface area contributed by atoms with Crippen LogP contribution in [0.5, 0.6) is 0 Å². The van der Waals surface area contributed by atoms with Crippen molar-refractivity contribution >= 4 is 11.6 Å². The predicted octanol–water partition coefficient (Wildman–Crippen LogP) is 3.70. The standard InChI is InChI=1S/C22H38N4O/c1-4-9-19(12-15-27)17-24-22(23-5-2)25-18(3)20-10-8-11-21(16-20)26-13-6-7-14-26/h8,10-11,16,18-19,27H,4-7,9,12-15,17H2,1-3H3,(H2,23,24,25). The molecule has 5 nitrogen and oxygen atoms in total. The van der Waals surface area contributed by atoms with Crippen molar-refractivity contribution in [1.82, 2.24) is 10.6 Å². The predicted molar refractivity (Wildman–Crippen MR) is 116 cm³/mol. The van der Waals surface area contributed by atoms with E-state index in [2.05, 4.69) is 60.6 Å². The maximum absolute atomic E-state index is 9.26. The van der Waals surface area contributed by atoms with Gasteiger partial charge in [-0.3, -0.25) is 4.99 Å². The Morgan fingerprint density at radius 3 is 2.67 bits per heavy atom. The summed E-state index contributed by atoms with van der Waals surface area (Å²) in [5.74, 6) is 1.31. The number of rotatable bonds is 10. The molecule has 0 bridgehead atoms. The van der Waals surface area contributed by atoms with E-state index in [0.717, 1.165) is 38.3 Å². The summed E-state index contributed by atoms with van der Waals surface area (Å²) < 4.78 is 0. The summed E-state index contributed by atoms with van der Waals surface area (Å²) in [4.78, 5) is 7.26. The monoisotopic (exact) mass is 374 g/mol. The first-order valence-electron chi connectivity index (χ1n) is 10.7. The van der Waals surface area contributed by atoms with Gasteiger partial charge in [0.25, 0.3) is 0 Å². The van der Waals surface area contributed by atoms with Crippen LogP contribution in [-0.2, 0) is 0 Å². The Bertz CT molecular complexity index is 563. The highest BCUT2D eigenvalue weighted by molar-refractivity contribution is 5.80. The summed E-state index contributed by atoms with van der Waals surface area (Å²) in [5.41, 5.74) is 2.61. The minimum absolute atomic E-state index is 0.188. The number of hydrogen-bond acceptors (Lipinski definition) is 3. The number of aliphatic imine (C=N–C) groups is 1. The van der Waals surface area contributed by atoms with Gasteiger partial charge in [-0.25, -0.2) is 0 Å². The summed E-state index contributed by atoms with van der Waals surface area (Å²) in [6.07, 6.45) is 5.65. The van der Waals surface area contributed by atoms with Gasteiger partial charge in [0.15, 0.2) is 5.96 Å². The second-order valence-electron chi connectivity index (χ2n) is 7.54. The number of anilines is 1. The third-order valence-electron chi connectivity index (χ3n) is 5.28. The van der Waals surface area contributed by atoms with Gasteiger partial charge in [-0.1, -0.05) is 25.5 Å². The summed E-state index contributed by atoms with van der Waals surface area (Å²) in [5, 5.41) is 16.2. The van der Waals surface area contributed by atoms with Crippen molar-refractivity contribution in [2.75, 3.05) is 37.7 Å². The Morgan fingerprint density at radius 1 is 1.22 bits per heavy atom. The molecule has 0 radical (unpaired) electrons. The van der Waals surface area contributed by atoms with Gasteiger partial charge >= 0.3 is 0 Å². The SMILES string of the molecule is CCCC(CCO)CN=C(NCC)NC(C)c1cccc(N2CCCC2)c1. The average Bonchev–Trinajstić information content (AvgIpc) is 3.21. The van der Waals surface area contributed by atoms with Gasteiger partial charge in [0.05, 0.1) is 6.04 Å². The first-order valence-corrected chi connectivity index (χ1v) is 10.7. The lowest BCUT2D eigenvalue weighted by Crippen LogP contribution is -2.39. The van der Waals surface area contributed by atoms with Gasteiger partial charge in [-0.2, -0.15) is 0 Å². The topological polar surface area (TPSA) is 59.9 Å². The van der Waals surface area contributed by atoms with Crippen LogP contribution in [0.2, 0.25) is 0 Å². The molecule has 0 aromatic heterocycles. The van der Waals surface area contributed by atoms with Crippen molar-refractivity contribution in [1.29, 1.82) is 0 Å². The lowest BCUT2D eigenvalue weighted by atomic mass is 10.0. The summed E-state index contributed by atoms with van der Waals surface area (Å²) >= 11 is 0. The number of nitrogens with one attached hydrogen (secondary N) is 2. The van der Waals surface area contributed by atoms with Crippen LogP contribution in [0.1, 0.15) is 64.5 Å². The van der Waals surface area contributed by atoms with Crippen LogP contribution < -0.4 is 15.5 Å². The molecular formula is C22H38N4O. The van der Waals surface area contributed by atoms with E-state index in [1.807, 2.05) is 0 Å². The van der Waals surface area contributed by atoms with E-state index in [1.165, 1.54) is 37.2 Å². The maximum atomic E-state index is 9.26. The van der Waals surface area contributed by atoms with Crippen molar-refractivity contribution < 1.29 is 5.11 Å². The lowest BCUT2D eigenvalue weighted by molar-refractivity contribution is 0.253. The molecule has 0 saturated carbocycles. The zero-order chi connectivity index (χ0) is 19.5. The highest BCUT2D eigenvalue weighted by Gasteiger charge is 2.15. The van der Waals surface area contributed by atoms with Crippen LogP contribution in [0, 0.1) is 5.92 Å². The molecule has 152 valence electrons. The largest absolute Gasteiger partial charge is 0.396 e. The molecule has 1 fully saturated rings. The van der Waals surface area contributed by atoms with Crippen molar-refractivity contribution in [3.05, 3.63) is 29.8 Å². The molecule has 1 aromatic carbocycles. The zero-order valence-corrected chi connectivity index (χ0v) is 17.4. The van der Waals surface area contributed by atoms with E-state index in [1.54, 1.807) is 0 Å². The number of aliphatic hydroxyl groups is 1. The lowest BCUT2D eigenvalue weighted by Gasteiger charge is -2.22. The average molecular weight is 375 g/mol. The van der Waals surface area contributed by atoms with Gasteiger partial charge in [-0.05, 0) is 63.1 Å². The fourth-order valence-corrected chi connectivity index (χ4v) is 3.71. The molecule has 0 aliphatic carbocycles. The van der Waals surface area contributed by atoms with Crippen molar-refractivity contribution in [2.24, 2.45) is 10.9 Å². The maximum Gasteiger partial charge on any atom is 0.191 e. The molecule has 0 amide bonds. The highest BCUT2D eigenvalue weighted by atomic mass is 16.3. The van der Waals surface area contributed by atoms with E-state index < -0.39 is 0 Å². The molecule has 5 heteroatoms. The van der Waals surface area contributed by atoms with E-state index in [4.69, 9.17) is 4.99 Å². The van der Waals surface area contributed by atoms with E-state index in [0.29, 0.717) is 5.92 Å². The minimum Gasteiger partial charge on any atom is -0.396 e. The third-order valence-corrected chi connectivity index (χ3v) is 5.28. The van der Waals surface area contributed by atoms with E-state index in [-0.39, 0.29) is 12.6 Å². The summed E-state index contributed by atoms with van der Waals surface area (Å²) in [7, 11) is 0. The second kappa shape index (κ2) is 11.9. The summed E-state index contributed by atoms with van der Waals surface area (Å²) in [6, 6.07) is 9.05. The molecule has 1 heterocycles. The number of guanidine groups is 1. The Balaban J connectivity index is 2.01. The number of nitrogens with zero attached hydrogens (tertiary/aromatic N) is 2. The van der Waals surface area contributed by atoms with Gasteiger partial charge < -0.3 is 20.6 Å². The smallest absolute Gasteiger partial charge is 0.191 e. The van der Waals surface area contributed by atoms with Crippen molar-refractivity contribution in [3.63, 3.8) is 0 Å². The first-order chi connectivity index (χ1) is 13.2. The Kier molecular flexibility index (Phi) is 9.46.